The highest BCUT2D eigenvalue weighted by Crippen LogP contribution is 2.33. The average Bonchev–Trinajstić information content (AvgIpc) is 2.82. The zero-order chi connectivity index (χ0) is 22.0. The number of carbonyl (C=O) groups is 1. The molecule has 0 saturated carbocycles. The van der Waals surface area contributed by atoms with E-state index in [0.717, 1.165) is 6.20 Å². The van der Waals surface area contributed by atoms with Crippen LogP contribution in [-0.2, 0) is 21.3 Å². The molecular formula is C16H26N4O6. The third-order valence-corrected chi connectivity index (χ3v) is 3.97. The first-order valence-corrected chi connectivity index (χ1v) is 8.22. The molecular weight excluding hydrogens is 344 g/mol. The number of carbonyl (C=O) groups excluding carboxylic acids is 1. The highest BCUT2D eigenvalue weighted by Gasteiger charge is 2.35. The van der Waals surface area contributed by atoms with Crippen molar-refractivity contribution in [2.45, 2.75) is 57.5 Å². The van der Waals surface area contributed by atoms with Crippen molar-refractivity contribution >= 4 is 11.8 Å². The van der Waals surface area contributed by atoms with Gasteiger partial charge >= 0.3 is 11.8 Å². The Morgan fingerprint density at radius 1 is 1.54 bits per heavy atom. The number of hydrogen-bond donors (Lipinski definition) is 1. The monoisotopic (exact) mass is 373 g/mol. The second-order valence-electron chi connectivity index (χ2n) is 7.10. The summed E-state index contributed by atoms with van der Waals surface area (Å²) in [7, 11) is -1.15. The predicted octanol–water partition coefficient (Wildman–Crippen LogP) is 2.09. The molecule has 26 heavy (non-hydrogen) atoms. The number of amides is 1. The second-order valence-corrected chi connectivity index (χ2v) is 7.10. The summed E-state index contributed by atoms with van der Waals surface area (Å²) in [5.74, 6) is 0. The molecule has 2 rings (SSSR count). The fraction of sp³-hybridized carbons (Fsp3) is 0.750. The van der Waals surface area contributed by atoms with Crippen LogP contribution in [0.2, 0.25) is 0 Å². The Hall–Kier alpha value is -2.20. The molecule has 3 atom stereocenters. The minimum atomic E-state index is -2.71. The average molecular weight is 373 g/mol. The minimum Gasteiger partial charge on any atom is -0.444 e. The van der Waals surface area contributed by atoms with E-state index in [1.165, 1.54) is 4.68 Å². The van der Waals surface area contributed by atoms with E-state index in [9.17, 15) is 14.9 Å². The molecule has 1 aromatic heterocycles. The number of nitro groups is 1. The molecule has 1 aliphatic heterocycles. The van der Waals surface area contributed by atoms with Crippen LogP contribution in [0.25, 0.3) is 0 Å². The summed E-state index contributed by atoms with van der Waals surface area (Å²) in [6, 6.07) is -0.720. The van der Waals surface area contributed by atoms with Crippen molar-refractivity contribution in [3.63, 3.8) is 0 Å². The molecule has 1 aliphatic rings. The third kappa shape index (κ3) is 4.92. The lowest BCUT2D eigenvalue weighted by atomic mass is 10.0. The van der Waals surface area contributed by atoms with Crippen molar-refractivity contribution in [2.75, 3.05) is 13.6 Å². The molecule has 1 amide bonds. The van der Waals surface area contributed by atoms with E-state index in [0.29, 0.717) is 0 Å². The highest BCUT2D eigenvalue weighted by atomic mass is 16.6. The maximum Gasteiger partial charge on any atom is 0.407 e. The van der Waals surface area contributed by atoms with Crippen molar-refractivity contribution in [3.8, 4) is 0 Å². The van der Waals surface area contributed by atoms with E-state index in [4.69, 9.17) is 18.3 Å². The van der Waals surface area contributed by atoms with Crippen molar-refractivity contribution in [1.29, 1.82) is 0 Å². The largest absolute Gasteiger partial charge is 0.444 e. The van der Waals surface area contributed by atoms with Crippen LogP contribution in [-0.4, -0.2) is 52.2 Å². The van der Waals surface area contributed by atoms with E-state index in [1.54, 1.807) is 27.8 Å². The molecule has 0 unspecified atom stereocenters. The van der Waals surface area contributed by atoms with Gasteiger partial charge in [0, 0.05) is 14.1 Å². The van der Waals surface area contributed by atoms with Crippen LogP contribution in [0.15, 0.2) is 6.20 Å². The molecule has 10 heteroatoms. The van der Waals surface area contributed by atoms with E-state index < -0.39 is 41.9 Å². The predicted molar refractivity (Wildman–Crippen MR) is 91.7 cm³/mol. The molecule has 1 aromatic rings. The van der Waals surface area contributed by atoms with Crippen LogP contribution in [0.1, 0.15) is 49.5 Å². The minimum absolute atomic E-state index is 0.189. The highest BCUT2D eigenvalue weighted by molar-refractivity contribution is 5.68. The SMILES string of the molecule is [2H]C([2H])([2H])O[C@H]1CO[C@@H](c2c([N+](=O)[O-])cnn2C)CC[C@@H]1NC(=O)OC(C)(C)C. The Labute approximate surface area is 156 Å². The molecule has 1 N–H and O–H groups in total. The van der Waals surface area contributed by atoms with Gasteiger partial charge in [-0.1, -0.05) is 0 Å². The normalized spacial score (nSPS) is 26.2. The number of alkyl carbamates (subject to hydrolysis) is 1. The number of nitrogens with zero attached hydrogens (tertiary/aromatic N) is 3. The Morgan fingerprint density at radius 2 is 2.27 bits per heavy atom. The standard InChI is InChI=1S/C16H26N4O6/c1-16(2,3)26-15(21)18-10-6-7-12(25-9-13(10)24-5)14-11(20(22)23)8-17-19(14)4/h8,10,12-13H,6-7,9H2,1-5H3,(H,18,21)/t10-,12+,13-/m0/s1/i5D3. The number of aryl methyl sites for hydroxylation is 1. The van der Waals surface area contributed by atoms with Gasteiger partial charge in [0.25, 0.3) is 0 Å². The molecule has 0 spiro atoms. The van der Waals surface area contributed by atoms with Gasteiger partial charge in [0.2, 0.25) is 0 Å². The molecule has 0 aromatic carbocycles. The lowest BCUT2D eigenvalue weighted by molar-refractivity contribution is -0.386. The first-order valence-electron chi connectivity index (χ1n) is 9.72. The van der Waals surface area contributed by atoms with Crippen molar-refractivity contribution in [2.24, 2.45) is 7.05 Å². The Balaban J connectivity index is 2.22. The quantitative estimate of drug-likeness (QED) is 0.634. The summed E-state index contributed by atoms with van der Waals surface area (Å²) < 4.78 is 39.6. The molecule has 1 fully saturated rings. The lowest BCUT2D eigenvalue weighted by Gasteiger charge is -2.26. The molecule has 0 aliphatic carbocycles. The number of rotatable bonds is 4. The maximum atomic E-state index is 12.2. The number of hydrogen-bond acceptors (Lipinski definition) is 7. The Kier molecular flexibility index (Phi) is 4.93. The molecule has 2 heterocycles. The number of methoxy groups -OCH3 is 1. The van der Waals surface area contributed by atoms with E-state index in [1.807, 2.05) is 0 Å². The van der Waals surface area contributed by atoms with Crippen LogP contribution in [0.4, 0.5) is 10.5 Å². The van der Waals surface area contributed by atoms with Gasteiger partial charge in [0.05, 0.1) is 21.7 Å². The smallest absolute Gasteiger partial charge is 0.407 e. The molecule has 0 radical (unpaired) electrons. The summed E-state index contributed by atoms with van der Waals surface area (Å²) in [6.45, 7) is 4.93. The summed E-state index contributed by atoms with van der Waals surface area (Å²) in [5, 5.41) is 17.8. The van der Waals surface area contributed by atoms with Crippen molar-refractivity contribution in [1.82, 2.24) is 15.1 Å². The zero-order valence-electron chi connectivity index (χ0n) is 18.2. The van der Waals surface area contributed by atoms with E-state index in [-0.39, 0.29) is 30.8 Å². The van der Waals surface area contributed by atoms with Crippen LogP contribution in [0, 0.1) is 10.1 Å². The molecule has 0 bridgehead atoms. The van der Waals surface area contributed by atoms with Gasteiger partial charge in [-0.3, -0.25) is 14.8 Å². The van der Waals surface area contributed by atoms with Crippen molar-refractivity contribution < 1.29 is 28.0 Å². The van der Waals surface area contributed by atoms with Gasteiger partial charge in [0.1, 0.15) is 29.7 Å². The van der Waals surface area contributed by atoms with Gasteiger partial charge in [-0.05, 0) is 33.6 Å². The number of nitrogens with one attached hydrogen (secondary N) is 1. The van der Waals surface area contributed by atoms with Gasteiger partial charge < -0.3 is 19.5 Å². The molecule has 146 valence electrons. The Bertz CT molecular complexity index is 746. The summed E-state index contributed by atoms with van der Waals surface area (Å²) >= 11 is 0. The summed E-state index contributed by atoms with van der Waals surface area (Å²) in [6.07, 6.45) is -0.750. The van der Waals surface area contributed by atoms with Crippen LogP contribution in [0.5, 0.6) is 0 Å². The van der Waals surface area contributed by atoms with E-state index >= 15 is 0 Å². The van der Waals surface area contributed by atoms with Crippen molar-refractivity contribution in [3.05, 3.63) is 22.0 Å². The summed E-state index contributed by atoms with van der Waals surface area (Å²) in [5.41, 5.74) is -0.659. The van der Waals surface area contributed by atoms with Gasteiger partial charge in [0.15, 0.2) is 0 Å². The topological polar surface area (TPSA) is 118 Å². The Morgan fingerprint density at radius 3 is 2.88 bits per heavy atom. The first kappa shape index (κ1) is 16.0. The third-order valence-electron chi connectivity index (χ3n) is 3.97. The number of aromatic nitrogens is 2. The summed E-state index contributed by atoms with van der Waals surface area (Å²) in [4.78, 5) is 22.9. The number of ether oxygens (including phenoxy) is 3. The van der Waals surface area contributed by atoms with Crippen LogP contribution >= 0.6 is 0 Å². The van der Waals surface area contributed by atoms with Gasteiger partial charge in [-0.15, -0.1) is 0 Å². The fourth-order valence-electron chi connectivity index (χ4n) is 2.83. The fourth-order valence-corrected chi connectivity index (χ4v) is 2.83. The first-order chi connectivity index (χ1) is 13.3. The van der Waals surface area contributed by atoms with Gasteiger partial charge in [-0.25, -0.2) is 4.79 Å². The van der Waals surface area contributed by atoms with Crippen LogP contribution in [0.3, 0.4) is 0 Å². The zero-order valence-corrected chi connectivity index (χ0v) is 15.2. The van der Waals surface area contributed by atoms with Crippen LogP contribution < -0.4 is 5.32 Å². The lowest BCUT2D eigenvalue weighted by Crippen LogP contribution is -2.46. The molecule has 10 nitrogen and oxygen atoms in total. The second kappa shape index (κ2) is 8.00. The van der Waals surface area contributed by atoms with Gasteiger partial charge in [-0.2, -0.15) is 5.10 Å². The molecule has 1 saturated heterocycles. The van der Waals surface area contributed by atoms with E-state index in [2.05, 4.69) is 10.4 Å². The maximum absolute atomic E-state index is 12.2.